The van der Waals surface area contributed by atoms with Crippen molar-refractivity contribution in [3.8, 4) is 0 Å². The number of fused-ring (bicyclic) bond motifs is 1. The molecule has 2 saturated heterocycles. The predicted octanol–water partition coefficient (Wildman–Crippen LogP) is -2.08. The van der Waals surface area contributed by atoms with Gasteiger partial charge in [-0.25, -0.2) is 9.89 Å². The lowest BCUT2D eigenvalue weighted by atomic mass is 10.4. The van der Waals surface area contributed by atoms with Crippen LogP contribution in [0.2, 0.25) is 0 Å². The highest BCUT2D eigenvalue weighted by atomic mass is 16.1. The van der Waals surface area contributed by atoms with Gasteiger partial charge in [-0.2, -0.15) is 0 Å². The summed E-state index contributed by atoms with van der Waals surface area (Å²) in [6.45, 7) is 1.84. The van der Waals surface area contributed by atoms with Crippen LogP contribution in [0.4, 0.5) is 0 Å². The van der Waals surface area contributed by atoms with E-state index in [4.69, 9.17) is 5.73 Å². The van der Waals surface area contributed by atoms with Crippen molar-refractivity contribution in [2.45, 2.75) is 5.79 Å². The van der Waals surface area contributed by atoms with E-state index in [-0.39, 0.29) is 11.7 Å². The molecule has 0 aromatic rings. The summed E-state index contributed by atoms with van der Waals surface area (Å²) >= 11 is 0. The number of likely N-dealkylation sites (N-methyl/N-ethyl adjacent to an activating group) is 1. The fourth-order valence-corrected chi connectivity index (χ4v) is 1.51. The van der Waals surface area contributed by atoms with Gasteiger partial charge in [0.1, 0.15) is 0 Å². The Balaban J connectivity index is 2.03. The second-order valence-electron chi connectivity index (χ2n) is 3.07. The van der Waals surface area contributed by atoms with E-state index >= 15 is 0 Å². The molecule has 1 amide bonds. The Kier molecular flexibility index (Phi) is 1.36. The van der Waals surface area contributed by atoms with Gasteiger partial charge in [-0.15, -0.1) is 0 Å². The Morgan fingerprint density at radius 3 is 3.00 bits per heavy atom. The molecule has 0 radical (unpaired) electrons. The van der Waals surface area contributed by atoms with Crippen molar-refractivity contribution in [2.75, 3.05) is 20.3 Å². The second kappa shape index (κ2) is 2.18. The lowest BCUT2D eigenvalue weighted by Crippen LogP contribution is -2.52. The summed E-state index contributed by atoms with van der Waals surface area (Å²) in [6.07, 6.45) is 0.529. The zero-order valence-corrected chi connectivity index (χ0v) is 6.82. The van der Waals surface area contributed by atoms with E-state index in [0.29, 0.717) is 6.41 Å². The average molecular weight is 169 g/mol. The third-order valence-corrected chi connectivity index (χ3v) is 2.31. The summed E-state index contributed by atoms with van der Waals surface area (Å²) in [5.41, 5.74) is 5.42. The van der Waals surface area contributed by atoms with Crippen LogP contribution < -0.4 is 11.1 Å². The smallest absolute Gasteiger partial charge is 0.213 e. The van der Waals surface area contributed by atoms with Crippen molar-refractivity contribution < 1.29 is 4.79 Å². The molecule has 0 aromatic carbocycles. The number of hydrogen-bond acceptors (Lipinski definition) is 4. The van der Waals surface area contributed by atoms with Crippen LogP contribution in [-0.4, -0.2) is 48.2 Å². The lowest BCUT2D eigenvalue weighted by molar-refractivity contribution is -0.108. The number of nitrogens with zero attached hydrogens (tertiary/aromatic N) is 3. The Morgan fingerprint density at radius 2 is 2.58 bits per heavy atom. The molecular formula is C6H11N5O. The van der Waals surface area contributed by atoms with Gasteiger partial charge in [0.15, 0.2) is 11.7 Å². The zero-order chi connectivity index (χ0) is 8.77. The minimum atomic E-state index is -0.222. The first-order chi connectivity index (χ1) is 5.69. The van der Waals surface area contributed by atoms with Crippen LogP contribution in [0.1, 0.15) is 0 Å². The monoisotopic (exact) mass is 169 g/mol. The standard InChI is InChI=1S/C6H11N5O/c1-10-4-11-2-6(10,11)9-5(7)8-3-12/h3H,2,4H2,1H3,(H3,7,8,9,12)/t6-,11?/m0/s1. The fourth-order valence-electron chi connectivity index (χ4n) is 1.51. The molecular weight excluding hydrogens is 158 g/mol. The lowest BCUT2D eigenvalue weighted by Gasteiger charge is -2.34. The van der Waals surface area contributed by atoms with Crippen LogP contribution in [-0.2, 0) is 4.79 Å². The molecule has 2 aliphatic rings. The van der Waals surface area contributed by atoms with Gasteiger partial charge in [0.2, 0.25) is 6.41 Å². The maximum Gasteiger partial charge on any atom is 0.213 e. The molecule has 6 heteroatoms. The summed E-state index contributed by atoms with van der Waals surface area (Å²) in [5.74, 6) is -0.0425. The molecule has 66 valence electrons. The third-order valence-electron chi connectivity index (χ3n) is 2.31. The third kappa shape index (κ3) is 0.819. The maximum atomic E-state index is 10.0. The Hall–Kier alpha value is -1.14. The number of hydrogen-bond donors (Lipinski definition) is 2. The quantitative estimate of drug-likeness (QED) is 0.215. The second-order valence-corrected chi connectivity index (χ2v) is 3.07. The highest BCUT2D eigenvalue weighted by Gasteiger charge is 2.64. The minimum absolute atomic E-state index is 0.180. The Morgan fingerprint density at radius 1 is 1.83 bits per heavy atom. The van der Waals surface area contributed by atoms with Gasteiger partial charge in [-0.1, -0.05) is 0 Å². The highest BCUT2D eigenvalue weighted by molar-refractivity contribution is 5.87. The van der Waals surface area contributed by atoms with E-state index in [9.17, 15) is 4.79 Å². The molecule has 1 unspecified atom stereocenters. The summed E-state index contributed by atoms with van der Waals surface area (Å²) in [5, 5.41) is 2.31. The van der Waals surface area contributed by atoms with Crippen LogP contribution >= 0.6 is 0 Å². The van der Waals surface area contributed by atoms with Crippen molar-refractivity contribution >= 4 is 12.4 Å². The predicted molar refractivity (Wildman–Crippen MR) is 42.9 cm³/mol. The number of nitrogens with one attached hydrogen (secondary N) is 1. The Bertz CT molecular complexity index is 252. The number of nitrogens with two attached hydrogens (primary N) is 1. The molecule has 6 nitrogen and oxygen atoms in total. The van der Waals surface area contributed by atoms with Crippen molar-refractivity contribution in [3.63, 3.8) is 0 Å². The Labute approximate surface area is 70.0 Å². The molecule has 2 heterocycles. The largest absolute Gasteiger partial charge is 0.370 e. The molecule has 12 heavy (non-hydrogen) atoms. The molecule has 0 aliphatic carbocycles. The van der Waals surface area contributed by atoms with Crippen molar-refractivity contribution in [1.82, 2.24) is 15.1 Å². The number of carbonyl (C=O) groups excluding carboxylic acids is 1. The van der Waals surface area contributed by atoms with Gasteiger partial charge in [-0.3, -0.25) is 15.0 Å². The first kappa shape index (κ1) is 7.51. The van der Waals surface area contributed by atoms with Crippen molar-refractivity contribution in [2.24, 2.45) is 10.7 Å². The normalized spacial score (nSPS) is 39.8. The van der Waals surface area contributed by atoms with Crippen LogP contribution in [0.3, 0.4) is 0 Å². The summed E-state index contributed by atoms with van der Waals surface area (Å²) in [7, 11) is 1.97. The molecule has 2 aliphatic heterocycles. The zero-order valence-electron chi connectivity index (χ0n) is 6.82. The molecule has 2 rings (SSSR count). The van der Waals surface area contributed by atoms with Crippen molar-refractivity contribution in [3.05, 3.63) is 0 Å². The van der Waals surface area contributed by atoms with Crippen LogP contribution in [0, 0.1) is 0 Å². The average Bonchev–Trinajstić information content (AvgIpc) is 2.57. The summed E-state index contributed by atoms with van der Waals surface area (Å²) in [4.78, 5) is 18.4. The number of rotatable bonds is 2. The van der Waals surface area contributed by atoms with Crippen LogP contribution in [0.25, 0.3) is 0 Å². The van der Waals surface area contributed by atoms with Gasteiger partial charge in [-0.05, 0) is 7.05 Å². The molecule has 0 bridgehead atoms. The fraction of sp³-hybridized carbons (Fsp3) is 0.667. The minimum Gasteiger partial charge on any atom is -0.370 e. The molecule has 2 fully saturated rings. The maximum absolute atomic E-state index is 10.0. The van der Waals surface area contributed by atoms with E-state index in [1.807, 2.05) is 7.05 Å². The molecule has 0 aromatic heterocycles. The number of aliphatic imine (C=N–C) groups is 1. The molecule has 2 atom stereocenters. The highest BCUT2D eigenvalue weighted by Crippen LogP contribution is 2.44. The van der Waals surface area contributed by atoms with Crippen LogP contribution in [0.15, 0.2) is 4.99 Å². The van der Waals surface area contributed by atoms with E-state index in [1.54, 1.807) is 0 Å². The first-order valence-electron chi connectivity index (χ1n) is 3.71. The topological polar surface area (TPSA) is 73.7 Å². The van der Waals surface area contributed by atoms with Gasteiger partial charge < -0.3 is 5.73 Å². The van der Waals surface area contributed by atoms with Crippen LogP contribution in [0.5, 0.6) is 0 Å². The van der Waals surface area contributed by atoms with Gasteiger partial charge >= 0.3 is 0 Å². The first-order valence-corrected chi connectivity index (χ1v) is 3.71. The molecule has 0 spiro atoms. The number of guanidine groups is 1. The van der Waals surface area contributed by atoms with E-state index in [2.05, 4.69) is 20.1 Å². The van der Waals surface area contributed by atoms with Gasteiger partial charge in [0.05, 0.1) is 13.2 Å². The van der Waals surface area contributed by atoms with E-state index in [1.165, 1.54) is 0 Å². The molecule has 3 N–H and O–H groups in total. The van der Waals surface area contributed by atoms with Gasteiger partial charge in [0.25, 0.3) is 0 Å². The van der Waals surface area contributed by atoms with Crippen molar-refractivity contribution in [1.29, 1.82) is 0 Å². The van der Waals surface area contributed by atoms with E-state index < -0.39 is 0 Å². The van der Waals surface area contributed by atoms with Gasteiger partial charge in [0, 0.05) is 0 Å². The van der Waals surface area contributed by atoms with E-state index in [0.717, 1.165) is 13.2 Å². The number of amides is 1. The number of carbonyl (C=O) groups is 1. The molecule has 0 saturated carbocycles. The summed E-state index contributed by atoms with van der Waals surface area (Å²) in [6, 6.07) is 0. The SMILES string of the molecule is CN1CN2C[C@]12/N=C(/N)NC=O. The summed E-state index contributed by atoms with van der Waals surface area (Å²) < 4.78 is 0.